The SMILES string of the molecule is Cc1c(CNC(C)c2nc3ccccc3[nH]2)cnn1C. The molecular weight excluding hydrogens is 250 g/mol. The van der Waals surface area contributed by atoms with Gasteiger partial charge in [0.1, 0.15) is 5.82 Å². The predicted octanol–water partition coefficient (Wildman–Crippen LogP) is 2.46. The fourth-order valence-corrected chi connectivity index (χ4v) is 2.26. The van der Waals surface area contributed by atoms with Crippen molar-refractivity contribution in [3.8, 4) is 0 Å². The Morgan fingerprint density at radius 1 is 1.35 bits per heavy atom. The number of aromatic amines is 1. The van der Waals surface area contributed by atoms with Gasteiger partial charge in [0, 0.05) is 24.8 Å². The predicted molar refractivity (Wildman–Crippen MR) is 79.3 cm³/mol. The quantitative estimate of drug-likeness (QED) is 0.765. The van der Waals surface area contributed by atoms with Crippen LogP contribution >= 0.6 is 0 Å². The molecule has 0 aliphatic heterocycles. The summed E-state index contributed by atoms with van der Waals surface area (Å²) < 4.78 is 1.89. The fraction of sp³-hybridized carbons (Fsp3) is 0.333. The van der Waals surface area contributed by atoms with Gasteiger partial charge < -0.3 is 10.3 Å². The van der Waals surface area contributed by atoms with Crippen LogP contribution < -0.4 is 5.32 Å². The lowest BCUT2D eigenvalue weighted by Gasteiger charge is -2.10. The smallest absolute Gasteiger partial charge is 0.124 e. The summed E-state index contributed by atoms with van der Waals surface area (Å²) >= 11 is 0. The van der Waals surface area contributed by atoms with Crippen LogP contribution in [-0.4, -0.2) is 19.7 Å². The molecule has 1 atom stereocenters. The van der Waals surface area contributed by atoms with Crippen LogP contribution in [0.3, 0.4) is 0 Å². The molecule has 2 aromatic heterocycles. The van der Waals surface area contributed by atoms with Gasteiger partial charge in [0.25, 0.3) is 0 Å². The lowest BCUT2D eigenvalue weighted by atomic mass is 10.2. The van der Waals surface area contributed by atoms with Crippen LogP contribution in [0.15, 0.2) is 30.5 Å². The van der Waals surface area contributed by atoms with Gasteiger partial charge in [-0.05, 0) is 26.0 Å². The molecule has 1 unspecified atom stereocenters. The Labute approximate surface area is 118 Å². The van der Waals surface area contributed by atoms with E-state index in [0.29, 0.717) is 0 Å². The monoisotopic (exact) mass is 269 g/mol. The zero-order valence-electron chi connectivity index (χ0n) is 12.0. The van der Waals surface area contributed by atoms with Crippen molar-refractivity contribution in [3.05, 3.63) is 47.5 Å². The van der Waals surface area contributed by atoms with Crippen molar-refractivity contribution in [3.63, 3.8) is 0 Å². The minimum Gasteiger partial charge on any atom is -0.341 e. The van der Waals surface area contributed by atoms with E-state index in [0.717, 1.165) is 23.4 Å². The molecule has 104 valence electrons. The molecule has 2 heterocycles. The maximum Gasteiger partial charge on any atom is 0.124 e. The average molecular weight is 269 g/mol. The van der Waals surface area contributed by atoms with Crippen molar-refractivity contribution >= 4 is 11.0 Å². The fourth-order valence-electron chi connectivity index (χ4n) is 2.26. The first kappa shape index (κ1) is 12.9. The van der Waals surface area contributed by atoms with Gasteiger partial charge in [0.05, 0.1) is 23.3 Å². The van der Waals surface area contributed by atoms with E-state index < -0.39 is 0 Å². The number of aromatic nitrogens is 4. The maximum absolute atomic E-state index is 4.61. The number of fused-ring (bicyclic) bond motifs is 1. The van der Waals surface area contributed by atoms with Crippen molar-refractivity contribution < 1.29 is 0 Å². The Hall–Kier alpha value is -2.14. The lowest BCUT2D eigenvalue weighted by molar-refractivity contribution is 0.550. The van der Waals surface area contributed by atoms with Gasteiger partial charge in [-0.3, -0.25) is 4.68 Å². The summed E-state index contributed by atoms with van der Waals surface area (Å²) in [6.07, 6.45) is 1.91. The van der Waals surface area contributed by atoms with Gasteiger partial charge in [-0.25, -0.2) is 4.98 Å². The van der Waals surface area contributed by atoms with Crippen molar-refractivity contribution in [2.24, 2.45) is 7.05 Å². The van der Waals surface area contributed by atoms with E-state index >= 15 is 0 Å². The van der Waals surface area contributed by atoms with Crippen LogP contribution in [0.5, 0.6) is 0 Å². The largest absolute Gasteiger partial charge is 0.341 e. The molecule has 0 radical (unpaired) electrons. The van der Waals surface area contributed by atoms with Crippen molar-refractivity contribution in [2.75, 3.05) is 0 Å². The van der Waals surface area contributed by atoms with Gasteiger partial charge in [-0.1, -0.05) is 12.1 Å². The van der Waals surface area contributed by atoms with Gasteiger partial charge in [0.15, 0.2) is 0 Å². The summed E-state index contributed by atoms with van der Waals surface area (Å²) in [6.45, 7) is 4.98. The molecule has 5 nitrogen and oxygen atoms in total. The average Bonchev–Trinajstić information content (AvgIpc) is 3.02. The zero-order chi connectivity index (χ0) is 14.1. The number of H-pyrrole nitrogens is 1. The second kappa shape index (κ2) is 5.09. The highest BCUT2D eigenvalue weighted by Crippen LogP contribution is 2.16. The minimum atomic E-state index is 0.169. The first-order chi connectivity index (χ1) is 9.65. The molecule has 0 saturated heterocycles. The number of nitrogens with one attached hydrogen (secondary N) is 2. The first-order valence-corrected chi connectivity index (χ1v) is 6.80. The molecule has 0 amide bonds. The molecule has 1 aromatic carbocycles. The van der Waals surface area contributed by atoms with Gasteiger partial charge in [-0.15, -0.1) is 0 Å². The Kier molecular flexibility index (Phi) is 3.28. The van der Waals surface area contributed by atoms with E-state index in [-0.39, 0.29) is 6.04 Å². The summed E-state index contributed by atoms with van der Waals surface area (Å²) in [5, 5.41) is 7.74. The molecular formula is C15H19N5. The number of hydrogen-bond acceptors (Lipinski definition) is 3. The normalized spacial score (nSPS) is 12.9. The maximum atomic E-state index is 4.61. The Balaban J connectivity index is 1.72. The Morgan fingerprint density at radius 3 is 2.85 bits per heavy atom. The number of nitrogens with zero attached hydrogens (tertiary/aromatic N) is 3. The highest BCUT2D eigenvalue weighted by molar-refractivity contribution is 5.74. The van der Waals surface area contributed by atoms with E-state index in [9.17, 15) is 0 Å². The third-order valence-corrected chi connectivity index (χ3v) is 3.75. The Morgan fingerprint density at radius 2 is 2.15 bits per heavy atom. The molecule has 0 aliphatic carbocycles. The van der Waals surface area contributed by atoms with Gasteiger partial charge in [0.2, 0.25) is 0 Å². The van der Waals surface area contributed by atoms with E-state index in [2.05, 4.69) is 34.2 Å². The number of hydrogen-bond donors (Lipinski definition) is 2. The van der Waals surface area contributed by atoms with E-state index in [1.807, 2.05) is 42.2 Å². The molecule has 5 heteroatoms. The summed E-state index contributed by atoms with van der Waals surface area (Å²) in [5.74, 6) is 0.966. The van der Waals surface area contributed by atoms with Gasteiger partial charge >= 0.3 is 0 Å². The minimum absolute atomic E-state index is 0.169. The number of rotatable bonds is 4. The second-order valence-electron chi connectivity index (χ2n) is 5.12. The molecule has 0 fully saturated rings. The number of imidazole rings is 1. The molecule has 3 aromatic rings. The first-order valence-electron chi connectivity index (χ1n) is 6.80. The highest BCUT2D eigenvalue weighted by Gasteiger charge is 2.11. The highest BCUT2D eigenvalue weighted by atomic mass is 15.3. The molecule has 0 aliphatic rings. The van der Waals surface area contributed by atoms with E-state index in [4.69, 9.17) is 0 Å². The van der Waals surface area contributed by atoms with Crippen LogP contribution in [0.4, 0.5) is 0 Å². The molecule has 20 heavy (non-hydrogen) atoms. The lowest BCUT2D eigenvalue weighted by Crippen LogP contribution is -2.19. The number of aryl methyl sites for hydroxylation is 1. The Bertz CT molecular complexity index is 692. The molecule has 3 rings (SSSR count). The third kappa shape index (κ3) is 2.32. The van der Waals surface area contributed by atoms with Crippen LogP contribution in [0.1, 0.15) is 30.0 Å². The summed E-state index contributed by atoms with van der Waals surface area (Å²) in [6, 6.07) is 8.25. The van der Waals surface area contributed by atoms with E-state index in [1.165, 1.54) is 11.3 Å². The van der Waals surface area contributed by atoms with Crippen LogP contribution in [0.25, 0.3) is 11.0 Å². The molecule has 0 spiro atoms. The summed E-state index contributed by atoms with van der Waals surface area (Å²) in [4.78, 5) is 7.97. The van der Waals surface area contributed by atoms with Crippen LogP contribution in [-0.2, 0) is 13.6 Å². The van der Waals surface area contributed by atoms with Crippen LogP contribution in [0.2, 0.25) is 0 Å². The molecule has 0 bridgehead atoms. The number of para-hydroxylation sites is 2. The van der Waals surface area contributed by atoms with Crippen molar-refractivity contribution in [1.82, 2.24) is 25.1 Å². The van der Waals surface area contributed by atoms with Crippen molar-refractivity contribution in [1.29, 1.82) is 0 Å². The topological polar surface area (TPSA) is 58.5 Å². The van der Waals surface area contributed by atoms with E-state index in [1.54, 1.807) is 0 Å². The number of benzene rings is 1. The summed E-state index contributed by atoms with van der Waals surface area (Å²) in [5.41, 5.74) is 4.49. The standard InChI is InChI=1S/C15H19N5/c1-10(16-8-12-9-17-20(3)11(12)2)15-18-13-6-4-5-7-14(13)19-15/h4-7,9-10,16H,8H2,1-3H3,(H,18,19). The molecule has 0 saturated carbocycles. The second-order valence-corrected chi connectivity index (χ2v) is 5.12. The third-order valence-electron chi connectivity index (χ3n) is 3.75. The van der Waals surface area contributed by atoms with Gasteiger partial charge in [-0.2, -0.15) is 5.10 Å². The van der Waals surface area contributed by atoms with Crippen molar-refractivity contribution in [2.45, 2.75) is 26.4 Å². The molecule has 2 N–H and O–H groups in total. The zero-order valence-corrected chi connectivity index (χ0v) is 12.0. The van der Waals surface area contributed by atoms with Crippen LogP contribution in [0, 0.1) is 6.92 Å². The summed E-state index contributed by atoms with van der Waals surface area (Å²) in [7, 11) is 1.96.